The smallest absolute Gasteiger partial charge is 0.261 e. The molecule has 108 valence electrons. The van der Waals surface area contributed by atoms with E-state index in [0.717, 1.165) is 5.76 Å². The molecule has 2 heterocycles. The van der Waals surface area contributed by atoms with Crippen LogP contribution in [0.4, 0.5) is 5.69 Å². The third-order valence-electron chi connectivity index (χ3n) is 3.77. The average Bonchev–Trinajstić information content (AvgIpc) is 3.05. The van der Waals surface area contributed by atoms with E-state index in [1.165, 1.54) is 4.90 Å². The molecular weight excluding hydrogens is 268 g/mol. The number of furan rings is 1. The molecule has 1 aliphatic rings. The van der Waals surface area contributed by atoms with E-state index in [0.29, 0.717) is 29.7 Å². The van der Waals surface area contributed by atoms with Crippen molar-refractivity contribution in [3.05, 3.63) is 53.5 Å². The van der Waals surface area contributed by atoms with Crippen LogP contribution in [-0.2, 0) is 6.42 Å². The minimum Gasteiger partial charge on any atom is -0.469 e. The van der Waals surface area contributed by atoms with Gasteiger partial charge in [0.1, 0.15) is 5.76 Å². The zero-order chi connectivity index (χ0) is 15.0. The van der Waals surface area contributed by atoms with Gasteiger partial charge in [0, 0.05) is 18.2 Å². The lowest BCUT2D eigenvalue weighted by Gasteiger charge is -2.22. The van der Waals surface area contributed by atoms with Crippen molar-refractivity contribution < 1.29 is 14.0 Å². The molecule has 5 heteroatoms. The van der Waals surface area contributed by atoms with Crippen LogP contribution in [0.1, 0.15) is 39.8 Å². The highest BCUT2D eigenvalue weighted by Crippen LogP contribution is 2.27. The van der Waals surface area contributed by atoms with E-state index in [-0.39, 0.29) is 17.9 Å². The predicted octanol–water partition coefficient (Wildman–Crippen LogP) is 2.48. The van der Waals surface area contributed by atoms with Crippen LogP contribution in [0.2, 0.25) is 0 Å². The molecule has 3 rings (SSSR count). The number of fused-ring (bicyclic) bond motifs is 1. The molecule has 0 spiro atoms. The van der Waals surface area contributed by atoms with Gasteiger partial charge in [-0.25, -0.2) is 0 Å². The fraction of sp³-hybridized carbons (Fsp3) is 0.250. The average molecular weight is 284 g/mol. The molecule has 0 fully saturated rings. The van der Waals surface area contributed by atoms with Crippen LogP contribution < -0.4 is 5.73 Å². The van der Waals surface area contributed by atoms with Crippen LogP contribution in [0.3, 0.4) is 0 Å². The maximum absolute atomic E-state index is 12.4. The van der Waals surface area contributed by atoms with E-state index in [1.54, 1.807) is 24.5 Å². The molecule has 2 N–H and O–H groups in total. The monoisotopic (exact) mass is 284 g/mol. The van der Waals surface area contributed by atoms with Gasteiger partial charge in [0.2, 0.25) is 0 Å². The molecule has 0 aliphatic carbocycles. The van der Waals surface area contributed by atoms with Gasteiger partial charge in [0.25, 0.3) is 11.8 Å². The van der Waals surface area contributed by atoms with Crippen molar-refractivity contribution in [1.29, 1.82) is 0 Å². The number of benzene rings is 1. The summed E-state index contributed by atoms with van der Waals surface area (Å²) in [7, 11) is 0. The van der Waals surface area contributed by atoms with Gasteiger partial charge in [-0.1, -0.05) is 0 Å². The van der Waals surface area contributed by atoms with Gasteiger partial charge in [0.15, 0.2) is 0 Å². The molecule has 1 atom stereocenters. The highest BCUT2D eigenvalue weighted by atomic mass is 16.3. The zero-order valence-electron chi connectivity index (χ0n) is 11.7. The highest BCUT2D eigenvalue weighted by Gasteiger charge is 2.38. The molecule has 1 aliphatic heterocycles. The summed E-state index contributed by atoms with van der Waals surface area (Å²) in [5, 5.41) is 0. The molecule has 0 saturated carbocycles. The molecule has 5 nitrogen and oxygen atoms in total. The first-order valence-corrected chi connectivity index (χ1v) is 6.87. The SMILES string of the molecule is CC(CCc1ccco1)N1C(=O)c2ccc(N)cc2C1=O. The lowest BCUT2D eigenvalue weighted by molar-refractivity contribution is 0.0589. The molecule has 0 saturated heterocycles. The molecule has 2 amide bonds. The number of aryl methyl sites for hydroxylation is 1. The molecule has 1 aromatic heterocycles. The van der Waals surface area contributed by atoms with E-state index in [1.807, 2.05) is 19.1 Å². The number of nitrogens with two attached hydrogens (primary N) is 1. The molecule has 1 unspecified atom stereocenters. The quantitative estimate of drug-likeness (QED) is 0.691. The van der Waals surface area contributed by atoms with Crippen LogP contribution in [0.15, 0.2) is 41.0 Å². The van der Waals surface area contributed by atoms with Crippen LogP contribution in [0.5, 0.6) is 0 Å². The normalized spacial score (nSPS) is 15.4. The van der Waals surface area contributed by atoms with Crippen molar-refractivity contribution in [3.63, 3.8) is 0 Å². The number of hydrogen-bond acceptors (Lipinski definition) is 4. The summed E-state index contributed by atoms with van der Waals surface area (Å²) >= 11 is 0. The second-order valence-electron chi connectivity index (χ2n) is 5.25. The molecule has 2 aromatic rings. The largest absolute Gasteiger partial charge is 0.469 e. The van der Waals surface area contributed by atoms with Crippen molar-refractivity contribution >= 4 is 17.5 Å². The van der Waals surface area contributed by atoms with E-state index in [2.05, 4.69) is 0 Å². The first-order valence-electron chi connectivity index (χ1n) is 6.87. The van der Waals surface area contributed by atoms with Crippen LogP contribution >= 0.6 is 0 Å². The molecule has 1 aromatic carbocycles. The maximum atomic E-state index is 12.4. The first-order chi connectivity index (χ1) is 10.1. The second-order valence-corrected chi connectivity index (χ2v) is 5.25. The number of anilines is 1. The minimum atomic E-state index is -0.269. The topological polar surface area (TPSA) is 76.5 Å². The number of rotatable bonds is 4. The fourth-order valence-electron chi connectivity index (χ4n) is 2.61. The van der Waals surface area contributed by atoms with Gasteiger partial charge in [-0.05, 0) is 43.7 Å². The van der Waals surface area contributed by atoms with Gasteiger partial charge >= 0.3 is 0 Å². The van der Waals surface area contributed by atoms with Gasteiger partial charge in [-0.3, -0.25) is 14.5 Å². The third-order valence-corrected chi connectivity index (χ3v) is 3.77. The third kappa shape index (κ3) is 2.31. The van der Waals surface area contributed by atoms with E-state index >= 15 is 0 Å². The Morgan fingerprint density at radius 1 is 1.19 bits per heavy atom. The fourth-order valence-corrected chi connectivity index (χ4v) is 2.61. The van der Waals surface area contributed by atoms with Gasteiger partial charge in [-0.2, -0.15) is 0 Å². The zero-order valence-corrected chi connectivity index (χ0v) is 11.7. The Morgan fingerprint density at radius 3 is 2.67 bits per heavy atom. The summed E-state index contributed by atoms with van der Waals surface area (Å²) in [5.41, 5.74) is 7.00. The van der Waals surface area contributed by atoms with E-state index in [9.17, 15) is 9.59 Å². The Morgan fingerprint density at radius 2 is 1.95 bits per heavy atom. The first kappa shape index (κ1) is 13.4. The summed E-state index contributed by atoms with van der Waals surface area (Å²) in [6, 6.07) is 8.34. The minimum absolute atomic E-state index is 0.191. The number of hydrogen-bond donors (Lipinski definition) is 1. The van der Waals surface area contributed by atoms with Crippen molar-refractivity contribution in [2.24, 2.45) is 0 Å². The maximum Gasteiger partial charge on any atom is 0.261 e. The standard InChI is InChI=1S/C16H16N2O3/c1-10(4-6-12-3-2-8-21-12)18-15(19)13-7-5-11(17)9-14(13)16(18)20/h2-3,5,7-10H,4,6,17H2,1H3. The number of amides is 2. The van der Waals surface area contributed by atoms with E-state index in [4.69, 9.17) is 10.2 Å². The van der Waals surface area contributed by atoms with Crippen LogP contribution in [0.25, 0.3) is 0 Å². The summed E-state index contributed by atoms with van der Waals surface area (Å²) in [6.07, 6.45) is 2.96. The Balaban J connectivity index is 1.77. The van der Waals surface area contributed by atoms with Crippen LogP contribution in [0, 0.1) is 0 Å². The Kier molecular flexibility index (Phi) is 3.25. The molecular formula is C16H16N2O3. The lowest BCUT2D eigenvalue weighted by Crippen LogP contribution is -2.38. The number of nitrogens with zero attached hydrogens (tertiary/aromatic N) is 1. The Labute approximate surface area is 122 Å². The van der Waals surface area contributed by atoms with Crippen molar-refractivity contribution in [1.82, 2.24) is 4.90 Å². The number of carbonyl (C=O) groups excluding carboxylic acids is 2. The predicted molar refractivity (Wildman–Crippen MR) is 77.8 cm³/mol. The Hall–Kier alpha value is -2.56. The summed E-state index contributed by atoms with van der Waals surface area (Å²) in [4.78, 5) is 26.1. The molecule has 0 bridgehead atoms. The Bertz CT molecular complexity index is 692. The van der Waals surface area contributed by atoms with Crippen LogP contribution in [-0.4, -0.2) is 22.8 Å². The number of carbonyl (C=O) groups is 2. The lowest BCUT2D eigenvalue weighted by atomic mass is 10.1. The van der Waals surface area contributed by atoms with Gasteiger partial charge in [0.05, 0.1) is 17.4 Å². The molecule has 0 radical (unpaired) electrons. The van der Waals surface area contributed by atoms with Gasteiger partial charge < -0.3 is 10.2 Å². The summed E-state index contributed by atoms with van der Waals surface area (Å²) in [6.45, 7) is 1.87. The molecule has 21 heavy (non-hydrogen) atoms. The highest BCUT2D eigenvalue weighted by molar-refractivity contribution is 6.21. The summed E-state index contributed by atoms with van der Waals surface area (Å²) < 4.78 is 5.27. The number of imide groups is 1. The second kappa shape index (κ2) is 5.09. The number of nitrogen functional groups attached to an aromatic ring is 1. The van der Waals surface area contributed by atoms with E-state index < -0.39 is 0 Å². The summed E-state index contributed by atoms with van der Waals surface area (Å²) in [5.74, 6) is 0.332. The van der Waals surface area contributed by atoms with Crippen molar-refractivity contribution in [3.8, 4) is 0 Å². The van der Waals surface area contributed by atoms with Crippen molar-refractivity contribution in [2.45, 2.75) is 25.8 Å². The van der Waals surface area contributed by atoms with Gasteiger partial charge in [-0.15, -0.1) is 0 Å². The van der Waals surface area contributed by atoms with Crippen molar-refractivity contribution in [2.75, 3.05) is 5.73 Å².